The van der Waals surface area contributed by atoms with Crippen LogP contribution in [0, 0.1) is 0 Å². The number of nitrogens with two attached hydrogens (primary N) is 1. The Hall–Kier alpha value is -3.84. The van der Waals surface area contributed by atoms with Crippen molar-refractivity contribution in [3.05, 3.63) is 100 Å². The topological polar surface area (TPSA) is 96.3 Å². The van der Waals surface area contributed by atoms with Crippen LogP contribution in [0.15, 0.2) is 77.8 Å². The van der Waals surface area contributed by atoms with Gasteiger partial charge in [0.15, 0.2) is 0 Å². The number of esters is 1. The van der Waals surface area contributed by atoms with E-state index in [9.17, 15) is 4.79 Å². The van der Waals surface area contributed by atoms with Crippen molar-refractivity contribution in [2.75, 3.05) is 7.11 Å². The van der Waals surface area contributed by atoms with Crippen molar-refractivity contribution in [1.29, 1.82) is 0 Å². The molecule has 2 aliphatic rings. The summed E-state index contributed by atoms with van der Waals surface area (Å²) in [4.78, 5) is 23.2. The molecule has 0 unspecified atom stereocenters. The van der Waals surface area contributed by atoms with E-state index in [1.54, 1.807) is 0 Å². The minimum atomic E-state index is -0.352. The molecule has 1 aromatic heterocycles. The van der Waals surface area contributed by atoms with E-state index in [-0.39, 0.29) is 5.97 Å². The van der Waals surface area contributed by atoms with Gasteiger partial charge in [-0.25, -0.2) is 9.78 Å². The van der Waals surface area contributed by atoms with Crippen molar-refractivity contribution in [3.8, 4) is 0 Å². The maximum atomic E-state index is 12.6. The molecule has 3 aromatic rings. The molecule has 2 aromatic carbocycles. The predicted molar refractivity (Wildman–Crippen MR) is 132 cm³/mol. The molecule has 7 nitrogen and oxygen atoms in total. The summed E-state index contributed by atoms with van der Waals surface area (Å²) in [6, 6.07) is 13.8. The summed E-state index contributed by atoms with van der Waals surface area (Å²) in [5, 5.41) is 3.47. The lowest BCUT2D eigenvalue weighted by Gasteiger charge is -2.34. The number of methoxy groups -OCH3 is 1. The normalized spacial score (nSPS) is 15.1. The average Bonchev–Trinajstić information content (AvgIpc) is 3.30. The number of benzene rings is 2. The van der Waals surface area contributed by atoms with Crippen molar-refractivity contribution in [2.45, 2.75) is 38.9 Å². The van der Waals surface area contributed by atoms with Gasteiger partial charge in [0.05, 0.1) is 35.9 Å². The number of imidazole rings is 1. The zero-order valence-electron chi connectivity index (χ0n) is 19.3. The molecule has 0 radical (unpaired) electrons. The van der Waals surface area contributed by atoms with E-state index < -0.39 is 0 Å². The number of H-pyrrole nitrogens is 1. The van der Waals surface area contributed by atoms with Gasteiger partial charge in [0.1, 0.15) is 5.82 Å². The maximum Gasteiger partial charge on any atom is 0.338 e. The van der Waals surface area contributed by atoms with Gasteiger partial charge >= 0.3 is 5.97 Å². The van der Waals surface area contributed by atoms with Crippen LogP contribution in [-0.2, 0) is 24.4 Å². The molecule has 0 saturated carbocycles. The molecule has 0 amide bonds. The maximum absolute atomic E-state index is 12.6. The lowest BCUT2D eigenvalue weighted by atomic mass is 9.92. The van der Waals surface area contributed by atoms with Crippen LogP contribution >= 0.6 is 0 Å². The summed E-state index contributed by atoms with van der Waals surface area (Å²) in [5.41, 5.74) is 13.8. The number of dihydropyridines is 1. The summed E-state index contributed by atoms with van der Waals surface area (Å²) in [6.07, 6.45) is 9.27. The van der Waals surface area contributed by atoms with Crippen LogP contribution in [0.3, 0.4) is 0 Å². The van der Waals surface area contributed by atoms with E-state index in [0.717, 1.165) is 52.9 Å². The standard InChI is InChI=1S/C27H29N5O2/c1-34-27(33)21-14-18(15-28)11-12-20(21)16-32(17-25-30-22-8-2-3-9-23(22)31-25)24-10-4-6-19-7-5-13-29-26(19)24/h2-3,5,7-9,11-14,29H,4,6,10,15-17,28H2,1H3,(H,30,31). The van der Waals surface area contributed by atoms with Gasteiger partial charge in [0, 0.05) is 25.0 Å². The third kappa shape index (κ3) is 4.34. The Balaban J connectivity index is 1.56. The second kappa shape index (κ2) is 9.57. The Morgan fingerprint density at radius 3 is 2.88 bits per heavy atom. The number of nitrogens with one attached hydrogen (secondary N) is 2. The van der Waals surface area contributed by atoms with Crippen LogP contribution < -0.4 is 11.1 Å². The number of nitrogens with zero attached hydrogens (tertiary/aromatic N) is 2. The average molecular weight is 456 g/mol. The number of carbonyl (C=O) groups is 1. The molecule has 1 aliphatic heterocycles. The van der Waals surface area contributed by atoms with Crippen LogP contribution in [0.2, 0.25) is 0 Å². The van der Waals surface area contributed by atoms with E-state index in [1.165, 1.54) is 18.4 Å². The summed E-state index contributed by atoms with van der Waals surface area (Å²) in [7, 11) is 1.41. The van der Waals surface area contributed by atoms with Gasteiger partial charge in [-0.1, -0.05) is 30.3 Å². The molecule has 7 heteroatoms. The molecule has 1 aliphatic carbocycles. The quantitative estimate of drug-likeness (QED) is 0.461. The van der Waals surface area contributed by atoms with Gasteiger partial charge in [-0.05, 0) is 60.2 Å². The highest BCUT2D eigenvalue weighted by Gasteiger charge is 2.25. The Kier molecular flexibility index (Phi) is 6.18. The summed E-state index contributed by atoms with van der Waals surface area (Å²) in [6.45, 7) is 1.50. The third-order valence-corrected chi connectivity index (χ3v) is 6.43. The Morgan fingerprint density at radius 1 is 1.18 bits per heavy atom. The van der Waals surface area contributed by atoms with Crippen molar-refractivity contribution in [3.63, 3.8) is 0 Å². The zero-order valence-corrected chi connectivity index (χ0v) is 19.3. The number of hydrogen-bond acceptors (Lipinski definition) is 6. The number of allylic oxidation sites excluding steroid dienone is 4. The number of fused-ring (bicyclic) bond motifs is 2. The first-order chi connectivity index (χ1) is 16.7. The molecule has 0 bridgehead atoms. The van der Waals surface area contributed by atoms with E-state index >= 15 is 0 Å². The first-order valence-corrected chi connectivity index (χ1v) is 11.6. The number of rotatable bonds is 7. The number of ether oxygens (including phenoxy) is 1. The fraction of sp³-hybridized carbons (Fsp3) is 0.259. The molecule has 34 heavy (non-hydrogen) atoms. The van der Waals surface area contributed by atoms with Gasteiger partial charge in [-0.3, -0.25) is 0 Å². The van der Waals surface area contributed by atoms with E-state index in [4.69, 9.17) is 15.5 Å². The van der Waals surface area contributed by atoms with Gasteiger partial charge in [0.25, 0.3) is 0 Å². The first kappa shape index (κ1) is 22.0. The molecule has 5 rings (SSSR count). The molecule has 0 saturated heterocycles. The molecule has 0 fully saturated rings. The van der Waals surface area contributed by atoms with Gasteiger partial charge in [-0.15, -0.1) is 0 Å². The Bertz CT molecular complexity index is 1280. The highest BCUT2D eigenvalue weighted by Crippen LogP contribution is 2.33. The fourth-order valence-electron chi connectivity index (χ4n) is 4.74. The molecule has 4 N–H and O–H groups in total. The summed E-state index contributed by atoms with van der Waals surface area (Å²) in [5.74, 6) is 0.532. The predicted octanol–water partition coefficient (Wildman–Crippen LogP) is 4.25. The van der Waals surface area contributed by atoms with Crippen LogP contribution in [0.25, 0.3) is 11.0 Å². The van der Waals surface area contributed by atoms with Crippen molar-refractivity contribution < 1.29 is 9.53 Å². The van der Waals surface area contributed by atoms with Gasteiger partial charge in [0.2, 0.25) is 0 Å². The van der Waals surface area contributed by atoms with E-state index in [1.807, 2.05) is 54.7 Å². The van der Waals surface area contributed by atoms with Crippen LogP contribution in [0.4, 0.5) is 0 Å². The lowest BCUT2D eigenvalue weighted by molar-refractivity contribution is 0.0598. The third-order valence-electron chi connectivity index (χ3n) is 6.43. The smallest absolute Gasteiger partial charge is 0.338 e. The number of aromatic nitrogens is 2. The second-order valence-electron chi connectivity index (χ2n) is 8.61. The number of carbonyl (C=O) groups excluding carboxylic acids is 1. The molecule has 2 heterocycles. The Labute approximate surface area is 199 Å². The summed E-state index contributed by atoms with van der Waals surface area (Å²) >= 11 is 0. The van der Waals surface area contributed by atoms with Crippen LogP contribution in [0.5, 0.6) is 0 Å². The summed E-state index contributed by atoms with van der Waals surface area (Å²) < 4.78 is 5.09. The number of aromatic amines is 1. The molecular formula is C27H29N5O2. The van der Waals surface area contributed by atoms with Crippen LogP contribution in [-0.4, -0.2) is 27.9 Å². The highest BCUT2D eigenvalue weighted by atomic mass is 16.5. The van der Waals surface area contributed by atoms with E-state index in [0.29, 0.717) is 25.2 Å². The molecule has 0 spiro atoms. The lowest BCUT2D eigenvalue weighted by Crippen LogP contribution is -2.30. The van der Waals surface area contributed by atoms with Crippen molar-refractivity contribution in [2.24, 2.45) is 5.73 Å². The van der Waals surface area contributed by atoms with Crippen molar-refractivity contribution >= 4 is 17.0 Å². The SMILES string of the molecule is COC(=O)c1cc(CN)ccc1CN(Cc1nc2ccccc2[nH]1)C1=C2NC=CC=C2CCC1. The highest BCUT2D eigenvalue weighted by molar-refractivity contribution is 5.91. The largest absolute Gasteiger partial charge is 0.465 e. The Morgan fingerprint density at radius 2 is 2.06 bits per heavy atom. The number of para-hydroxylation sites is 2. The second-order valence-corrected chi connectivity index (χ2v) is 8.61. The van der Waals surface area contributed by atoms with Gasteiger partial charge < -0.3 is 25.7 Å². The fourth-order valence-corrected chi connectivity index (χ4v) is 4.74. The minimum Gasteiger partial charge on any atom is -0.465 e. The monoisotopic (exact) mass is 455 g/mol. The first-order valence-electron chi connectivity index (χ1n) is 11.6. The van der Waals surface area contributed by atoms with Crippen molar-refractivity contribution in [1.82, 2.24) is 20.2 Å². The van der Waals surface area contributed by atoms with Gasteiger partial charge in [-0.2, -0.15) is 0 Å². The number of hydrogen-bond donors (Lipinski definition) is 3. The van der Waals surface area contributed by atoms with Crippen LogP contribution in [0.1, 0.15) is 46.6 Å². The molecule has 0 atom stereocenters. The molecular weight excluding hydrogens is 426 g/mol. The molecule has 174 valence electrons. The zero-order chi connectivity index (χ0) is 23.5. The van der Waals surface area contributed by atoms with E-state index in [2.05, 4.69) is 21.3 Å². The minimum absolute atomic E-state index is 0.352.